The van der Waals surface area contributed by atoms with Crippen molar-refractivity contribution in [2.24, 2.45) is 0 Å². The van der Waals surface area contributed by atoms with E-state index in [2.05, 4.69) is 10.2 Å². The second-order valence-electron chi connectivity index (χ2n) is 5.46. The van der Waals surface area contributed by atoms with E-state index in [0.717, 1.165) is 0 Å². The van der Waals surface area contributed by atoms with Gasteiger partial charge < -0.3 is 9.64 Å². The van der Waals surface area contributed by atoms with Gasteiger partial charge in [-0.2, -0.15) is 5.10 Å². The van der Waals surface area contributed by atoms with Gasteiger partial charge >= 0.3 is 0 Å². The van der Waals surface area contributed by atoms with Crippen LogP contribution in [0.5, 0.6) is 0 Å². The van der Waals surface area contributed by atoms with Crippen molar-refractivity contribution in [2.45, 2.75) is 10.6 Å². The minimum atomic E-state index is -1.39. The van der Waals surface area contributed by atoms with E-state index in [-0.39, 0.29) is 11.7 Å². The zero-order chi connectivity index (χ0) is 16.0. The molecule has 120 valence electrons. The van der Waals surface area contributed by atoms with Gasteiger partial charge in [0.2, 0.25) is 0 Å². The molecule has 1 amide bonds. The maximum atomic E-state index is 13.4. The number of hydrogen-bond donors (Lipinski definition) is 1. The number of benzene rings is 1. The Balaban J connectivity index is 1.76. The molecule has 1 N–H and O–H groups in total. The maximum absolute atomic E-state index is 13.4. The lowest BCUT2D eigenvalue weighted by Gasteiger charge is -2.26. The first kappa shape index (κ1) is 14.5. The van der Waals surface area contributed by atoms with Crippen LogP contribution in [0.1, 0.15) is 16.1 Å². The van der Waals surface area contributed by atoms with Gasteiger partial charge in [-0.1, -0.05) is 0 Å². The molecule has 2 aliphatic heterocycles. The van der Waals surface area contributed by atoms with Crippen molar-refractivity contribution in [3.05, 3.63) is 35.3 Å². The molecule has 0 bridgehead atoms. The molecule has 1 unspecified atom stereocenters. The fourth-order valence-corrected chi connectivity index (χ4v) is 4.27. The number of carbonyl (C=O) groups excluding carboxylic acids is 1. The number of rotatable bonds is 1. The summed E-state index contributed by atoms with van der Waals surface area (Å²) in [6.45, 7) is 2.07. The van der Waals surface area contributed by atoms with Crippen LogP contribution in [-0.2, 0) is 21.3 Å². The summed E-state index contributed by atoms with van der Waals surface area (Å²) in [7, 11) is -1.39. The highest BCUT2D eigenvalue weighted by Crippen LogP contribution is 2.36. The van der Waals surface area contributed by atoms with E-state index in [0.29, 0.717) is 53.7 Å². The van der Waals surface area contributed by atoms with Gasteiger partial charge in [0.25, 0.3) is 5.91 Å². The lowest BCUT2D eigenvalue weighted by atomic mass is 10.1. The van der Waals surface area contributed by atoms with E-state index in [4.69, 9.17) is 4.74 Å². The molecular weight excluding hydrogens is 321 g/mol. The normalized spacial score (nSPS) is 20.0. The van der Waals surface area contributed by atoms with Crippen LogP contribution in [0.3, 0.4) is 0 Å². The van der Waals surface area contributed by atoms with Crippen LogP contribution in [0.4, 0.5) is 4.39 Å². The van der Waals surface area contributed by atoms with E-state index < -0.39 is 16.6 Å². The molecule has 0 spiro atoms. The van der Waals surface area contributed by atoms with Crippen molar-refractivity contribution >= 4 is 16.7 Å². The monoisotopic (exact) mass is 335 g/mol. The fourth-order valence-electron chi connectivity index (χ4n) is 2.92. The first-order valence-corrected chi connectivity index (χ1v) is 8.59. The summed E-state index contributed by atoms with van der Waals surface area (Å²) in [5.41, 5.74) is 2.20. The lowest BCUT2D eigenvalue weighted by Crippen LogP contribution is -2.41. The van der Waals surface area contributed by atoms with E-state index >= 15 is 0 Å². The molecule has 1 fully saturated rings. The summed E-state index contributed by atoms with van der Waals surface area (Å²) in [6.07, 6.45) is 0. The molecule has 0 aliphatic carbocycles. The maximum Gasteiger partial charge on any atom is 0.272 e. The van der Waals surface area contributed by atoms with Gasteiger partial charge in [0.1, 0.15) is 11.5 Å². The minimum absolute atomic E-state index is 0.160. The summed E-state index contributed by atoms with van der Waals surface area (Å²) < 4.78 is 31.0. The van der Waals surface area contributed by atoms with Crippen LogP contribution in [0.2, 0.25) is 0 Å². The largest absolute Gasteiger partial charge is 0.378 e. The van der Waals surface area contributed by atoms with Gasteiger partial charge in [0.05, 0.1) is 40.4 Å². The Hall–Kier alpha value is -2.06. The number of H-pyrrole nitrogens is 1. The zero-order valence-corrected chi connectivity index (χ0v) is 13.0. The first-order chi connectivity index (χ1) is 11.1. The number of amides is 1. The van der Waals surface area contributed by atoms with E-state index in [1.54, 1.807) is 11.0 Å². The number of ether oxygens (including phenoxy) is 1. The highest BCUT2D eigenvalue weighted by atomic mass is 32.2. The molecule has 0 radical (unpaired) electrons. The van der Waals surface area contributed by atoms with Gasteiger partial charge in [-0.3, -0.25) is 14.1 Å². The Morgan fingerprint density at radius 1 is 1.35 bits per heavy atom. The van der Waals surface area contributed by atoms with Crippen LogP contribution in [0.15, 0.2) is 23.1 Å². The van der Waals surface area contributed by atoms with Crippen LogP contribution in [0.25, 0.3) is 11.3 Å². The molecule has 6 nitrogen and oxygen atoms in total. The van der Waals surface area contributed by atoms with Crippen LogP contribution >= 0.6 is 0 Å². The van der Waals surface area contributed by atoms with Gasteiger partial charge in [-0.15, -0.1) is 0 Å². The second-order valence-corrected chi connectivity index (χ2v) is 6.88. The number of carbonyl (C=O) groups is 1. The molecule has 3 heterocycles. The molecule has 0 saturated carbocycles. The van der Waals surface area contributed by atoms with E-state index in [1.165, 1.54) is 12.1 Å². The summed E-state index contributed by atoms with van der Waals surface area (Å²) in [4.78, 5) is 14.8. The van der Waals surface area contributed by atoms with Crippen molar-refractivity contribution in [3.63, 3.8) is 0 Å². The molecular formula is C15H14FN3O3S. The number of halogens is 1. The average molecular weight is 335 g/mol. The minimum Gasteiger partial charge on any atom is -0.378 e. The third kappa shape index (κ3) is 2.38. The van der Waals surface area contributed by atoms with Gasteiger partial charge in [0.15, 0.2) is 0 Å². The van der Waals surface area contributed by atoms with Crippen molar-refractivity contribution < 1.29 is 18.1 Å². The number of nitrogens with zero attached hydrogens (tertiary/aromatic N) is 2. The number of nitrogens with one attached hydrogen (secondary N) is 1. The number of hydrogen-bond acceptors (Lipinski definition) is 4. The van der Waals surface area contributed by atoms with Crippen LogP contribution in [-0.4, -0.2) is 51.5 Å². The number of fused-ring (bicyclic) bond motifs is 3. The summed E-state index contributed by atoms with van der Waals surface area (Å²) in [6, 6.07) is 4.14. The number of morpholine rings is 1. The molecule has 4 rings (SSSR count). The smallest absolute Gasteiger partial charge is 0.272 e. The molecule has 1 aromatic heterocycles. The SMILES string of the molecule is O=C(c1[nH]nc2c1CS(=O)c1cc(F)ccc1-2)N1CCOCC1. The summed E-state index contributed by atoms with van der Waals surface area (Å²) in [5, 5.41) is 7.00. The molecule has 2 aromatic rings. The standard InChI is InChI=1S/C15H14FN3O3S/c16-9-1-2-10-12(7-9)23(21)8-11-13(10)17-18-14(11)15(20)19-3-5-22-6-4-19/h1-2,7H,3-6,8H2,(H,17,18). The Bertz CT molecular complexity index is 814. The Kier molecular flexibility index (Phi) is 3.50. The molecule has 1 aromatic carbocycles. The fraction of sp³-hybridized carbons (Fsp3) is 0.333. The average Bonchev–Trinajstić information content (AvgIpc) is 2.99. The Morgan fingerprint density at radius 3 is 2.91 bits per heavy atom. The number of aromatic amines is 1. The van der Waals surface area contributed by atoms with Crippen molar-refractivity contribution in [2.75, 3.05) is 26.3 Å². The van der Waals surface area contributed by atoms with Crippen molar-refractivity contribution in [1.82, 2.24) is 15.1 Å². The Labute approximate surface area is 134 Å². The van der Waals surface area contributed by atoms with E-state index in [1.807, 2.05) is 0 Å². The molecule has 23 heavy (non-hydrogen) atoms. The summed E-state index contributed by atoms with van der Waals surface area (Å²) in [5.74, 6) is -0.432. The predicted molar refractivity (Wildman–Crippen MR) is 80.8 cm³/mol. The zero-order valence-electron chi connectivity index (χ0n) is 12.2. The van der Waals surface area contributed by atoms with Crippen LogP contribution < -0.4 is 0 Å². The number of aromatic nitrogens is 2. The van der Waals surface area contributed by atoms with Crippen LogP contribution in [0, 0.1) is 5.82 Å². The van der Waals surface area contributed by atoms with Crippen molar-refractivity contribution in [3.8, 4) is 11.3 Å². The molecule has 1 saturated heterocycles. The van der Waals surface area contributed by atoms with Gasteiger partial charge in [0, 0.05) is 24.2 Å². The van der Waals surface area contributed by atoms with Gasteiger partial charge in [-0.25, -0.2) is 4.39 Å². The second kappa shape index (κ2) is 5.54. The quantitative estimate of drug-likeness (QED) is 0.853. The molecule has 8 heteroatoms. The first-order valence-electron chi connectivity index (χ1n) is 7.27. The Morgan fingerprint density at radius 2 is 2.13 bits per heavy atom. The molecule has 1 atom stereocenters. The van der Waals surface area contributed by atoms with Crippen molar-refractivity contribution in [1.29, 1.82) is 0 Å². The highest BCUT2D eigenvalue weighted by Gasteiger charge is 2.31. The predicted octanol–water partition coefficient (Wildman–Crippen LogP) is 1.31. The molecule has 2 aliphatic rings. The van der Waals surface area contributed by atoms with Gasteiger partial charge in [-0.05, 0) is 18.2 Å². The topological polar surface area (TPSA) is 75.3 Å². The highest BCUT2D eigenvalue weighted by molar-refractivity contribution is 7.84. The third-order valence-corrected chi connectivity index (χ3v) is 5.48. The third-order valence-electron chi connectivity index (χ3n) is 4.10. The lowest BCUT2D eigenvalue weighted by molar-refractivity contribution is 0.0298. The van der Waals surface area contributed by atoms with E-state index in [9.17, 15) is 13.4 Å². The summed E-state index contributed by atoms with van der Waals surface area (Å²) >= 11 is 0.